The van der Waals surface area contributed by atoms with E-state index in [1.54, 1.807) is 24.3 Å². The van der Waals surface area contributed by atoms with Crippen LogP contribution in [0.3, 0.4) is 0 Å². The lowest BCUT2D eigenvalue weighted by Gasteiger charge is -2.20. The maximum absolute atomic E-state index is 12.5. The average molecular weight is 368 g/mol. The summed E-state index contributed by atoms with van der Waals surface area (Å²) in [6.07, 6.45) is 0. The first-order valence-corrected chi connectivity index (χ1v) is 9.23. The Morgan fingerprint density at radius 3 is 2.46 bits per heavy atom. The molecule has 0 radical (unpaired) electrons. The number of fused-ring (bicyclic) bond motifs is 1. The van der Waals surface area contributed by atoms with Crippen LogP contribution >= 0.6 is 11.3 Å². The normalized spacial score (nSPS) is 12.1. The molecule has 0 spiro atoms. The Hall–Kier alpha value is -2.73. The zero-order valence-corrected chi connectivity index (χ0v) is 15.5. The van der Waals surface area contributed by atoms with Crippen molar-refractivity contribution in [3.05, 3.63) is 65.2 Å². The molecular weight excluding hydrogens is 348 g/mol. The molecule has 6 heteroatoms. The summed E-state index contributed by atoms with van der Waals surface area (Å²) in [5.74, 6) is -0.838. The summed E-state index contributed by atoms with van der Waals surface area (Å²) in [6.45, 7) is 3.84. The molecule has 0 saturated carbocycles. The van der Waals surface area contributed by atoms with Gasteiger partial charge in [-0.15, -0.1) is 11.3 Å². The number of para-hydroxylation sites is 1. The van der Waals surface area contributed by atoms with Gasteiger partial charge >= 0.3 is 5.97 Å². The van der Waals surface area contributed by atoms with Crippen molar-refractivity contribution in [1.29, 1.82) is 0 Å². The highest BCUT2D eigenvalue weighted by Gasteiger charge is 2.26. The Bertz CT molecular complexity index is 873. The zero-order valence-electron chi connectivity index (χ0n) is 14.6. The van der Waals surface area contributed by atoms with E-state index in [1.807, 2.05) is 44.2 Å². The van der Waals surface area contributed by atoms with Gasteiger partial charge in [0.05, 0.1) is 10.2 Å². The summed E-state index contributed by atoms with van der Waals surface area (Å²) in [6, 6.07) is 15.9. The number of aromatic nitrogens is 1. The number of carbonyl (C=O) groups is 2. The standard InChI is InChI=1S/C20H20N2O3S/c1-13(2)18(22-19(23)14-8-4-3-5-9-14)20(24)25-12-17-21-15-10-6-7-11-16(15)26-17/h3-11,13,18H,12H2,1-2H3,(H,22,23)/t18-/m0/s1. The van der Waals surface area contributed by atoms with Crippen molar-refractivity contribution >= 4 is 33.4 Å². The van der Waals surface area contributed by atoms with Gasteiger partial charge in [0.1, 0.15) is 17.7 Å². The lowest BCUT2D eigenvalue weighted by Crippen LogP contribution is -2.45. The van der Waals surface area contributed by atoms with E-state index < -0.39 is 12.0 Å². The van der Waals surface area contributed by atoms with E-state index in [0.29, 0.717) is 5.56 Å². The average Bonchev–Trinajstić information content (AvgIpc) is 3.07. The van der Waals surface area contributed by atoms with Gasteiger partial charge in [0.15, 0.2) is 0 Å². The van der Waals surface area contributed by atoms with Crippen molar-refractivity contribution in [2.75, 3.05) is 0 Å². The molecule has 0 aliphatic rings. The molecule has 0 unspecified atom stereocenters. The van der Waals surface area contributed by atoms with Crippen LogP contribution in [0.1, 0.15) is 29.2 Å². The molecular formula is C20H20N2O3S. The van der Waals surface area contributed by atoms with Crippen LogP contribution in [0, 0.1) is 5.92 Å². The molecule has 0 fully saturated rings. The van der Waals surface area contributed by atoms with E-state index in [9.17, 15) is 9.59 Å². The highest BCUT2D eigenvalue weighted by atomic mass is 32.1. The van der Waals surface area contributed by atoms with Gasteiger partial charge < -0.3 is 10.1 Å². The van der Waals surface area contributed by atoms with Gasteiger partial charge in [-0.2, -0.15) is 0 Å². The van der Waals surface area contributed by atoms with Crippen molar-refractivity contribution < 1.29 is 14.3 Å². The molecule has 2 aromatic carbocycles. The number of esters is 1. The number of nitrogens with one attached hydrogen (secondary N) is 1. The van der Waals surface area contributed by atoms with Gasteiger partial charge in [0.2, 0.25) is 0 Å². The van der Waals surface area contributed by atoms with Crippen molar-refractivity contribution in [1.82, 2.24) is 10.3 Å². The summed E-state index contributed by atoms with van der Waals surface area (Å²) >= 11 is 1.49. The number of carbonyl (C=O) groups excluding carboxylic acids is 2. The molecule has 1 aromatic heterocycles. The van der Waals surface area contributed by atoms with Crippen LogP contribution in [-0.4, -0.2) is 22.9 Å². The first-order valence-electron chi connectivity index (χ1n) is 8.41. The number of ether oxygens (including phenoxy) is 1. The molecule has 26 heavy (non-hydrogen) atoms. The summed E-state index contributed by atoms with van der Waals surface area (Å²) in [5, 5.41) is 3.50. The third-order valence-corrected chi connectivity index (χ3v) is 4.93. The van der Waals surface area contributed by atoms with Crippen LogP contribution in [0.2, 0.25) is 0 Å². The molecule has 0 aliphatic heterocycles. The summed E-state index contributed by atoms with van der Waals surface area (Å²) in [4.78, 5) is 29.3. The number of hydrogen-bond donors (Lipinski definition) is 1. The smallest absolute Gasteiger partial charge is 0.329 e. The first kappa shape index (κ1) is 18.1. The molecule has 1 atom stereocenters. The van der Waals surface area contributed by atoms with Crippen molar-refractivity contribution in [3.8, 4) is 0 Å². The predicted octanol–water partition coefficient (Wildman–Crippen LogP) is 3.79. The minimum absolute atomic E-state index is 0.0921. The van der Waals surface area contributed by atoms with Crippen LogP contribution < -0.4 is 5.32 Å². The van der Waals surface area contributed by atoms with Gasteiger partial charge in [-0.25, -0.2) is 9.78 Å². The summed E-state index contributed by atoms with van der Waals surface area (Å²) in [7, 11) is 0. The Morgan fingerprint density at radius 1 is 1.08 bits per heavy atom. The lowest BCUT2D eigenvalue weighted by atomic mass is 10.0. The molecule has 0 aliphatic carbocycles. The second-order valence-electron chi connectivity index (χ2n) is 6.24. The molecule has 0 saturated heterocycles. The molecule has 1 heterocycles. The highest BCUT2D eigenvalue weighted by Crippen LogP contribution is 2.22. The lowest BCUT2D eigenvalue weighted by molar-refractivity contribution is -0.148. The number of amides is 1. The van der Waals surface area contributed by atoms with Gasteiger partial charge in [0.25, 0.3) is 5.91 Å². The number of nitrogens with zero attached hydrogens (tertiary/aromatic N) is 1. The Kier molecular flexibility index (Phi) is 5.63. The molecule has 3 aromatic rings. The summed E-state index contributed by atoms with van der Waals surface area (Å²) < 4.78 is 6.46. The molecule has 5 nitrogen and oxygen atoms in total. The quantitative estimate of drug-likeness (QED) is 0.672. The zero-order chi connectivity index (χ0) is 18.5. The van der Waals surface area contributed by atoms with Crippen LogP contribution in [0.4, 0.5) is 0 Å². The largest absolute Gasteiger partial charge is 0.457 e. The van der Waals surface area contributed by atoms with E-state index in [4.69, 9.17) is 4.74 Å². The van der Waals surface area contributed by atoms with Gasteiger partial charge in [0, 0.05) is 5.56 Å². The SMILES string of the molecule is CC(C)[C@H](NC(=O)c1ccccc1)C(=O)OCc1nc2ccccc2s1. The van der Waals surface area contributed by atoms with Crippen LogP contribution in [-0.2, 0) is 16.1 Å². The van der Waals surface area contributed by atoms with Gasteiger partial charge in [-0.3, -0.25) is 4.79 Å². The minimum atomic E-state index is -0.711. The molecule has 1 N–H and O–H groups in total. The van der Waals surface area contributed by atoms with Crippen molar-refractivity contribution in [2.45, 2.75) is 26.5 Å². The highest BCUT2D eigenvalue weighted by molar-refractivity contribution is 7.18. The fourth-order valence-electron chi connectivity index (χ4n) is 2.52. The number of rotatable bonds is 6. The third kappa shape index (κ3) is 4.26. The second kappa shape index (κ2) is 8.10. The van der Waals surface area contributed by atoms with E-state index >= 15 is 0 Å². The molecule has 0 bridgehead atoms. The van der Waals surface area contributed by atoms with E-state index in [0.717, 1.165) is 15.2 Å². The number of benzene rings is 2. The summed E-state index contributed by atoms with van der Waals surface area (Å²) in [5.41, 5.74) is 1.40. The maximum atomic E-state index is 12.5. The number of hydrogen-bond acceptors (Lipinski definition) is 5. The van der Waals surface area contributed by atoms with Crippen molar-refractivity contribution in [3.63, 3.8) is 0 Å². The fraction of sp³-hybridized carbons (Fsp3) is 0.250. The van der Waals surface area contributed by atoms with Crippen LogP contribution in [0.5, 0.6) is 0 Å². The molecule has 1 amide bonds. The van der Waals surface area contributed by atoms with Crippen LogP contribution in [0.25, 0.3) is 10.2 Å². The van der Waals surface area contributed by atoms with E-state index in [2.05, 4.69) is 10.3 Å². The topological polar surface area (TPSA) is 68.3 Å². The number of thiazole rings is 1. The molecule has 3 rings (SSSR count). The predicted molar refractivity (Wildman–Crippen MR) is 102 cm³/mol. The minimum Gasteiger partial charge on any atom is -0.457 e. The Balaban J connectivity index is 1.64. The van der Waals surface area contributed by atoms with E-state index in [1.165, 1.54) is 11.3 Å². The molecule has 134 valence electrons. The second-order valence-corrected chi connectivity index (χ2v) is 7.36. The maximum Gasteiger partial charge on any atom is 0.329 e. The Morgan fingerprint density at radius 2 is 1.77 bits per heavy atom. The van der Waals surface area contributed by atoms with Gasteiger partial charge in [-0.05, 0) is 30.2 Å². The van der Waals surface area contributed by atoms with E-state index in [-0.39, 0.29) is 18.4 Å². The monoisotopic (exact) mass is 368 g/mol. The first-order chi connectivity index (χ1) is 12.5. The van der Waals surface area contributed by atoms with Crippen LogP contribution in [0.15, 0.2) is 54.6 Å². The van der Waals surface area contributed by atoms with Gasteiger partial charge in [-0.1, -0.05) is 44.2 Å². The Labute approximate surface area is 156 Å². The fourth-order valence-corrected chi connectivity index (χ4v) is 3.40. The third-order valence-electron chi connectivity index (χ3n) is 3.92. The van der Waals surface area contributed by atoms with Crippen molar-refractivity contribution in [2.24, 2.45) is 5.92 Å².